The van der Waals surface area contributed by atoms with E-state index in [1.54, 1.807) is 0 Å². The topological polar surface area (TPSA) is 12.0 Å². The van der Waals surface area contributed by atoms with Gasteiger partial charge < -0.3 is 5.32 Å². The first-order chi connectivity index (χ1) is 6.29. The average Bonchev–Trinajstić information content (AvgIpc) is 2.30. The second-order valence-corrected chi connectivity index (χ2v) is 4.07. The molecule has 0 aromatic heterocycles. The predicted octanol–water partition coefficient (Wildman–Crippen LogP) is 2.59. The lowest BCUT2D eigenvalue weighted by Crippen LogP contribution is -2.18. The normalized spacial score (nSPS) is 22.2. The van der Waals surface area contributed by atoms with Gasteiger partial charge >= 0.3 is 0 Å². The molecule has 1 aliphatic heterocycles. The predicted molar refractivity (Wildman–Crippen MR) is 56.4 cm³/mol. The van der Waals surface area contributed by atoms with E-state index in [1.807, 2.05) is 12.1 Å². The molecule has 0 fully saturated rings. The largest absolute Gasteiger partial charge is 0.316 e. The molecule has 0 saturated carbocycles. The van der Waals surface area contributed by atoms with Gasteiger partial charge in [0.05, 0.1) is 0 Å². The third-order valence-electron chi connectivity index (χ3n) is 2.69. The van der Waals surface area contributed by atoms with Crippen LogP contribution in [-0.2, 0) is 6.42 Å². The molecule has 1 N–H and O–H groups in total. The summed E-state index contributed by atoms with van der Waals surface area (Å²) in [5.41, 5.74) is 2.75. The summed E-state index contributed by atoms with van der Waals surface area (Å²) >= 11 is 6.15. The van der Waals surface area contributed by atoms with Crippen molar-refractivity contribution < 1.29 is 0 Å². The van der Waals surface area contributed by atoms with E-state index in [-0.39, 0.29) is 0 Å². The summed E-state index contributed by atoms with van der Waals surface area (Å²) in [5, 5.41) is 4.34. The summed E-state index contributed by atoms with van der Waals surface area (Å²) in [7, 11) is 0. The zero-order valence-corrected chi connectivity index (χ0v) is 8.56. The zero-order valence-electron chi connectivity index (χ0n) is 7.81. The Kier molecular flexibility index (Phi) is 2.56. The van der Waals surface area contributed by atoms with Gasteiger partial charge in [-0.3, -0.25) is 0 Å². The molecule has 1 atom stereocenters. The molecule has 1 aliphatic rings. The number of nitrogens with one attached hydrogen (secondary N) is 1. The summed E-state index contributed by atoms with van der Waals surface area (Å²) in [6.07, 6.45) is 1.05. The van der Waals surface area contributed by atoms with Gasteiger partial charge in [-0.05, 0) is 36.1 Å². The van der Waals surface area contributed by atoms with Gasteiger partial charge in [0.15, 0.2) is 0 Å². The van der Waals surface area contributed by atoms with Crippen molar-refractivity contribution in [3.05, 3.63) is 34.3 Å². The number of benzene rings is 1. The van der Waals surface area contributed by atoms with Gasteiger partial charge in [0.2, 0.25) is 0 Å². The summed E-state index contributed by atoms with van der Waals surface area (Å²) in [6.45, 7) is 4.35. The molecule has 0 bridgehead atoms. The summed E-state index contributed by atoms with van der Waals surface area (Å²) in [4.78, 5) is 0. The van der Waals surface area contributed by atoms with Crippen molar-refractivity contribution in [2.45, 2.75) is 19.3 Å². The van der Waals surface area contributed by atoms with E-state index < -0.39 is 0 Å². The Morgan fingerprint density at radius 1 is 1.46 bits per heavy atom. The van der Waals surface area contributed by atoms with Crippen LogP contribution >= 0.6 is 11.6 Å². The highest BCUT2D eigenvalue weighted by Gasteiger charge is 2.15. The highest BCUT2D eigenvalue weighted by atomic mass is 35.5. The molecule has 2 rings (SSSR count). The van der Waals surface area contributed by atoms with E-state index in [9.17, 15) is 0 Å². The van der Waals surface area contributed by atoms with Crippen LogP contribution in [0, 0.1) is 0 Å². The Labute approximate surface area is 84.1 Å². The van der Waals surface area contributed by atoms with Gasteiger partial charge in [-0.1, -0.05) is 30.7 Å². The molecular weight excluding hydrogens is 182 g/mol. The van der Waals surface area contributed by atoms with Gasteiger partial charge in [-0.2, -0.15) is 0 Å². The first-order valence-electron chi connectivity index (χ1n) is 4.77. The molecule has 13 heavy (non-hydrogen) atoms. The number of fused-ring (bicyclic) bond motifs is 1. The quantitative estimate of drug-likeness (QED) is 0.671. The minimum Gasteiger partial charge on any atom is -0.316 e. The number of hydrogen-bond acceptors (Lipinski definition) is 1. The van der Waals surface area contributed by atoms with E-state index in [2.05, 4.69) is 18.3 Å². The Bertz CT molecular complexity index is 309. The molecule has 70 valence electrons. The maximum atomic E-state index is 6.15. The smallest absolute Gasteiger partial charge is 0.0441 e. The van der Waals surface area contributed by atoms with Crippen LogP contribution in [0.15, 0.2) is 18.2 Å². The lowest BCUT2D eigenvalue weighted by Gasteiger charge is -2.12. The fraction of sp³-hybridized carbons (Fsp3) is 0.455. The van der Waals surface area contributed by atoms with E-state index >= 15 is 0 Å². The van der Waals surface area contributed by atoms with Gasteiger partial charge in [-0.25, -0.2) is 0 Å². The van der Waals surface area contributed by atoms with Crippen LogP contribution in [0.5, 0.6) is 0 Å². The van der Waals surface area contributed by atoms with Crippen LogP contribution in [0.1, 0.15) is 24.0 Å². The van der Waals surface area contributed by atoms with Crippen LogP contribution in [0.4, 0.5) is 0 Å². The fourth-order valence-corrected chi connectivity index (χ4v) is 2.22. The van der Waals surface area contributed by atoms with E-state index in [0.717, 1.165) is 24.5 Å². The van der Waals surface area contributed by atoms with Gasteiger partial charge in [0, 0.05) is 11.6 Å². The highest BCUT2D eigenvalue weighted by Crippen LogP contribution is 2.27. The summed E-state index contributed by atoms with van der Waals surface area (Å²) in [6, 6.07) is 6.22. The minimum atomic E-state index is 0.580. The third kappa shape index (κ3) is 1.72. The van der Waals surface area contributed by atoms with Crippen molar-refractivity contribution in [2.24, 2.45) is 0 Å². The fourth-order valence-electron chi connectivity index (χ4n) is 1.94. The molecular formula is C11H14ClN. The van der Waals surface area contributed by atoms with Gasteiger partial charge in [-0.15, -0.1) is 0 Å². The van der Waals surface area contributed by atoms with Gasteiger partial charge in [0.1, 0.15) is 0 Å². The van der Waals surface area contributed by atoms with Crippen molar-refractivity contribution in [1.82, 2.24) is 5.32 Å². The molecule has 0 radical (unpaired) electrons. The molecule has 0 aliphatic carbocycles. The van der Waals surface area contributed by atoms with E-state index in [0.29, 0.717) is 5.92 Å². The number of rotatable bonds is 0. The van der Waals surface area contributed by atoms with Crippen LogP contribution in [0.25, 0.3) is 0 Å². The maximum Gasteiger partial charge on any atom is 0.0441 e. The van der Waals surface area contributed by atoms with E-state index in [4.69, 9.17) is 11.6 Å². The van der Waals surface area contributed by atoms with Crippen LogP contribution in [0.2, 0.25) is 5.02 Å². The molecule has 0 saturated heterocycles. The van der Waals surface area contributed by atoms with Crippen molar-refractivity contribution in [3.8, 4) is 0 Å². The molecule has 2 heteroatoms. The number of halogens is 1. The van der Waals surface area contributed by atoms with Crippen molar-refractivity contribution in [1.29, 1.82) is 0 Å². The molecule has 1 heterocycles. The summed E-state index contributed by atoms with van der Waals surface area (Å²) < 4.78 is 0. The zero-order chi connectivity index (χ0) is 9.26. The average molecular weight is 196 g/mol. The standard InChI is InChI=1S/C11H14ClN/c1-8-7-13-6-5-10-9(8)3-2-4-11(10)12/h2-4,8,13H,5-7H2,1H3/t8-/m1/s1. The van der Waals surface area contributed by atoms with E-state index in [1.165, 1.54) is 11.1 Å². The Morgan fingerprint density at radius 3 is 3.15 bits per heavy atom. The molecule has 0 spiro atoms. The van der Waals surface area contributed by atoms with Crippen LogP contribution in [-0.4, -0.2) is 13.1 Å². The second-order valence-electron chi connectivity index (χ2n) is 3.66. The molecule has 1 aromatic carbocycles. The maximum absolute atomic E-state index is 6.15. The number of hydrogen-bond donors (Lipinski definition) is 1. The lowest BCUT2D eigenvalue weighted by atomic mass is 9.95. The monoisotopic (exact) mass is 195 g/mol. The molecule has 1 nitrogen and oxygen atoms in total. The second kappa shape index (κ2) is 3.69. The third-order valence-corrected chi connectivity index (χ3v) is 3.04. The van der Waals surface area contributed by atoms with Crippen molar-refractivity contribution in [3.63, 3.8) is 0 Å². The highest BCUT2D eigenvalue weighted by molar-refractivity contribution is 6.31. The minimum absolute atomic E-state index is 0.580. The van der Waals surface area contributed by atoms with Crippen LogP contribution < -0.4 is 5.32 Å². The Morgan fingerprint density at radius 2 is 2.31 bits per heavy atom. The van der Waals surface area contributed by atoms with Gasteiger partial charge in [0.25, 0.3) is 0 Å². The summed E-state index contributed by atoms with van der Waals surface area (Å²) in [5.74, 6) is 0.580. The Balaban J connectivity index is 2.47. The lowest BCUT2D eigenvalue weighted by molar-refractivity contribution is 0.644. The first-order valence-corrected chi connectivity index (χ1v) is 5.15. The van der Waals surface area contributed by atoms with Crippen molar-refractivity contribution >= 4 is 11.6 Å². The molecule has 0 amide bonds. The molecule has 1 aromatic rings. The van der Waals surface area contributed by atoms with Crippen LogP contribution in [0.3, 0.4) is 0 Å². The molecule has 0 unspecified atom stereocenters. The SMILES string of the molecule is C[C@@H]1CNCCc2c(Cl)cccc21. The van der Waals surface area contributed by atoms with Crippen molar-refractivity contribution in [2.75, 3.05) is 13.1 Å². The Hall–Kier alpha value is -0.530. The first kappa shape index (κ1) is 9.04.